The predicted octanol–water partition coefficient (Wildman–Crippen LogP) is 5.41. The topological polar surface area (TPSA) is 95.4 Å². The van der Waals surface area contributed by atoms with Crippen LogP contribution in [0.15, 0.2) is 48.8 Å². The first kappa shape index (κ1) is 29.5. The first-order valence-electron chi connectivity index (χ1n) is 12.6. The summed E-state index contributed by atoms with van der Waals surface area (Å²) in [4.78, 5) is 35.9. The molecule has 2 amide bonds. The van der Waals surface area contributed by atoms with Crippen molar-refractivity contribution in [3.63, 3.8) is 0 Å². The molecule has 216 valence electrons. The van der Waals surface area contributed by atoms with Crippen molar-refractivity contribution < 1.29 is 27.2 Å². The SMILES string of the molecule is CC(=O)Nc1cc(Nc2ncc(C(F)(F)F)c(-c3cn(C)c4c(F)cccc34)n2)ccc1N(CCN(C)C)C(C)=O. The highest BCUT2D eigenvalue weighted by Gasteiger charge is 2.36. The highest BCUT2D eigenvalue weighted by molar-refractivity contribution is 6.00. The molecule has 0 aliphatic carbocycles. The molecule has 0 bridgehead atoms. The third-order valence-corrected chi connectivity index (χ3v) is 6.31. The number of halogens is 4. The van der Waals surface area contributed by atoms with Crippen molar-refractivity contribution in [1.82, 2.24) is 19.4 Å². The van der Waals surface area contributed by atoms with Gasteiger partial charge in [-0.2, -0.15) is 13.2 Å². The third-order valence-electron chi connectivity index (χ3n) is 6.31. The van der Waals surface area contributed by atoms with Crippen LogP contribution >= 0.6 is 0 Å². The maximum Gasteiger partial charge on any atom is 0.419 e. The molecule has 2 N–H and O–H groups in total. The van der Waals surface area contributed by atoms with E-state index < -0.39 is 23.3 Å². The first-order valence-corrected chi connectivity index (χ1v) is 12.6. The Balaban J connectivity index is 1.78. The Morgan fingerprint density at radius 1 is 1.07 bits per heavy atom. The van der Waals surface area contributed by atoms with E-state index in [9.17, 15) is 27.2 Å². The molecule has 13 heteroatoms. The van der Waals surface area contributed by atoms with Gasteiger partial charge in [0, 0.05) is 63.0 Å². The smallest absolute Gasteiger partial charge is 0.347 e. The number of aromatic nitrogens is 3. The highest BCUT2D eigenvalue weighted by Crippen LogP contribution is 2.40. The van der Waals surface area contributed by atoms with Crippen molar-refractivity contribution in [2.24, 2.45) is 7.05 Å². The fourth-order valence-electron chi connectivity index (χ4n) is 4.48. The van der Waals surface area contributed by atoms with Gasteiger partial charge in [0.05, 0.1) is 22.6 Å². The van der Waals surface area contributed by atoms with Crippen molar-refractivity contribution in [3.8, 4) is 11.3 Å². The number of hydrogen-bond donors (Lipinski definition) is 2. The van der Waals surface area contributed by atoms with Gasteiger partial charge in [-0.1, -0.05) is 12.1 Å². The van der Waals surface area contributed by atoms with Gasteiger partial charge in [0.1, 0.15) is 11.4 Å². The van der Waals surface area contributed by atoms with E-state index >= 15 is 0 Å². The van der Waals surface area contributed by atoms with Crippen LogP contribution < -0.4 is 15.5 Å². The van der Waals surface area contributed by atoms with E-state index in [-0.39, 0.29) is 34.2 Å². The summed E-state index contributed by atoms with van der Waals surface area (Å²) < 4.78 is 57.9. The van der Waals surface area contributed by atoms with E-state index in [1.807, 2.05) is 19.0 Å². The molecule has 0 aliphatic rings. The largest absolute Gasteiger partial charge is 0.419 e. The Morgan fingerprint density at radius 2 is 1.80 bits per heavy atom. The fraction of sp³-hybridized carbons (Fsp3) is 0.286. The lowest BCUT2D eigenvalue weighted by Gasteiger charge is -2.26. The van der Waals surface area contributed by atoms with E-state index in [0.29, 0.717) is 36.3 Å². The average Bonchev–Trinajstić information content (AvgIpc) is 3.21. The minimum Gasteiger partial charge on any atom is -0.347 e. The molecule has 9 nitrogen and oxygen atoms in total. The number of amides is 2. The van der Waals surface area contributed by atoms with Crippen LogP contribution in [0.4, 0.5) is 40.6 Å². The van der Waals surface area contributed by atoms with Gasteiger partial charge in [-0.3, -0.25) is 9.59 Å². The molecule has 0 aliphatic heterocycles. The van der Waals surface area contributed by atoms with Crippen LogP contribution in [0.2, 0.25) is 0 Å². The van der Waals surface area contributed by atoms with Crippen LogP contribution in [-0.4, -0.2) is 58.4 Å². The molecule has 2 aromatic heterocycles. The number of carbonyl (C=O) groups excluding carboxylic acids is 2. The summed E-state index contributed by atoms with van der Waals surface area (Å²) in [7, 11) is 5.27. The van der Waals surface area contributed by atoms with Gasteiger partial charge >= 0.3 is 6.18 Å². The zero-order valence-corrected chi connectivity index (χ0v) is 23.1. The van der Waals surface area contributed by atoms with Gasteiger partial charge in [-0.15, -0.1) is 0 Å². The summed E-state index contributed by atoms with van der Waals surface area (Å²) in [5, 5.41) is 5.85. The van der Waals surface area contributed by atoms with Gasteiger partial charge in [0.15, 0.2) is 0 Å². The molecule has 2 aromatic carbocycles. The Hall–Kier alpha value is -4.52. The number of anilines is 4. The second-order valence-electron chi connectivity index (χ2n) is 9.76. The second-order valence-corrected chi connectivity index (χ2v) is 9.76. The van der Waals surface area contributed by atoms with E-state index in [1.54, 1.807) is 12.1 Å². The molecule has 2 heterocycles. The Labute approximate surface area is 233 Å². The third kappa shape index (κ3) is 6.46. The number of aryl methyl sites for hydroxylation is 1. The van der Waals surface area contributed by atoms with Gasteiger partial charge in [0.25, 0.3) is 0 Å². The summed E-state index contributed by atoms with van der Waals surface area (Å²) in [6.07, 6.45) is -2.71. The number of fused-ring (bicyclic) bond motifs is 1. The average molecular weight is 572 g/mol. The zero-order chi connectivity index (χ0) is 30.1. The van der Waals surface area contributed by atoms with Crippen LogP contribution in [0, 0.1) is 5.82 Å². The van der Waals surface area contributed by atoms with Gasteiger partial charge in [-0.25, -0.2) is 14.4 Å². The van der Waals surface area contributed by atoms with Crippen LogP contribution in [0.3, 0.4) is 0 Å². The van der Waals surface area contributed by atoms with Crippen LogP contribution in [0.5, 0.6) is 0 Å². The quantitative estimate of drug-likeness (QED) is 0.275. The molecule has 0 radical (unpaired) electrons. The van der Waals surface area contributed by atoms with Gasteiger partial charge in [0.2, 0.25) is 17.8 Å². The van der Waals surface area contributed by atoms with E-state index in [0.717, 1.165) is 0 Å². The normalized spacial score (nSPS) is 11.7. The number of rotatable bonds is 8. The van der Waals surface area contributed by atoms with Crippen molar-refractivity contribution in [2.75, 3.05) is 42.7 Å². The summed E-state index contributed by atoms with van der Waals surface area (Å²) in [6.45, 7) is 3.66. The number of hydrogen-bond acceptors (Lipinski definition) is 6. The minimum absolute atomic E-state index is 0.0899. The number of para-hydroxylation sites is 1. The van der Waals surface area contributed by atoms with Crippen molar-refractivity contribution >= 4 is 45.7 Å². The van der Waals surface area contributed by atoms with E-state index in [4.69, 9.17) is 0 Å². The molecule has 0 saturated heterocycles. The Morgan fingerprint density at radius 3 is 2.44 bits per heavy atom. The molecule has 0 atom stereocenters. The molecule has 4 rings (SSSR count). The molecule has 0 spiro atoms. The van der Waals surface area contributed by atoms with Crippen LogP contribution in [0.1, 0.15) is 19.4 Å². The molecular formula is C28H29F4N7O2. The molecule has 41 heavy (non-hydrogen) atoms. The van der Waals surface area contributed by atoms with Gasteiger partial charge < -0.3 is 25.0 Å². The summed E-state index contributed by atoms with van der Waals surface area (Å²) in [5.41, 5.74) is -0.151. The highest BCUT2D eigenvalue weighted by atomic mass is 19.4. The summed E-state index contributed by atoms with van der Waals surface area (Å²) in [5.74, 6) is -1.34. The lowest BCUT2D eigenvalue weighted by Crippen LogP contribution is -2.35. The maximum absolute atomic E-state index is 14.5. The Bertz CT molecular complexity index is 1620. The van der Waals surface area contributed by atoms with Crippen LogP contribution in [0.25, 0.3) is 22.2 Å². The lowest BCUT2D eigenvalue weighted by atomic mass is 10.1. The Kier molecular flexibility index (Phi) is 8.29. The number of benzene rings is 2. The van der Waals surface area contributed by atoms with Crippen LogP contribution in [-0.2, 0) is 22.8 Å². The predicted molar refractivity (Wildman–Crippen MR) is 150 cm³/mol. The number of likely N-dealkylation sites (N-methyl/N-ethyl adjacent to an activating group) is 1. The monoisotopic (exact) mass is 571 g/mol. The fourth-order valence-corrected chi connectivity index (χ4v) is 4.48. The molecule has 0 unspecified atom stereocenters. The second kappa shape index (κ2) is 11.5. The van der Waals surface area contributed by atoms with Crippen molar-refractivity contribution in [3.05, 3.63) is 60.2 Å². The summed E-state index contributed by atoms with van der Waals surface area (Å²) in [6, 6.07) is 8.93. The molecular weight excluding hydrogens is 542 g/mol. The number of nitrogens with zero attached hydrogens (tertiary/aromatic N) is 5. The standard InChI is InChI=1S/C28H29F4N7O2/c1-16(40)34-23-13-18(9-10-24(23)39(17(2)41)12-11-37(3)4)35-27-33-14-21(28(30,31)32)25(36-27)20-15-38(5)26-19(20)7-6-8-22(26)29/h6-10,13-15H,11-12H2,1-5H3,(H,34,40)(H,33,35,36). The maximum atomic E-state index is 14.5. The number of alkyl halides is 3. The molecule has 4 aromatic rings. The molecule has 0 saturated carbocycles. The van der Waals surface area contributed by atoms with Gasteiger partial charge in [-0.05, 0) is 38.4 Å². The minimum atomic E-state index is -4.77. The molecule has 0 fully saturated rings. The van der Waals surface area contributed by atoms with Crippen molar-refractivity contribution in [1.29, 1.82) is 0 Å². The lowest BCUT2D eigenvalue weighted by molar-refractivity contribution is -0.137. The first-order chi connectivity index (χ1) is 19.3. The van der Waals surface area contributed by atoms with E-state index in [2.05, 4.69) is 20.6 Å². The number of carbonyl (C=O) groups is 2. The van der Waals surface area contributed by atoms with E-state index in [1.165, 1.54) is 60.8 Å². The van der Waals surface area contributed by atoms with Crippen molar-refractivity contribution in [2.45, 2.75) is 20.0 Å². The summed E-state index contributed by atoms with van der Waals surface area (Å²) >= 11 is 0. The number of nitrogens with one attached hydrogen (secondary N) is 2. The zero-order valence-electron chi connectivity index (χ0n) is 23.1.